The average molecular weight is 260 g/mol. The Balaban J connectivity index is 2.17. The van der Waals surface area contributed by atoms with Crippen molar-refractivity contribution in [3.8, 4) is 0 Å². The lowest BCUT2D eigenvalue weighted by Gasteiger charge is -2.15. The molecule has 2 rings (SSSR count). The van der Waals surface area contributed by atoms with Crippen molar-refractivity contribution in [3.05, 3.63) is 17.0 Å². The molecule has 6 heteroatoms. The maximum absolute atomic E-state index is 9.35. The van der Waals surface area contributed by atoms with Crippen molar-refractivity contribution in [1.29, 1.82) is 0 Å². The molecular weight excluding hydrogens is 250 g/mol. The Kier molecular flexibility index (Phi) is 2.66. The van der Waals surface area contributed by atoms with E-state index in [1.807, 2.05) is 4.90 Å². The summed E-state index contributed by atoms with van der Waals surface area (Å²) in [6, 6.07) is 1.75. The molecule has 0 bridgehead atoms. The second-order valence-electron chi connectivity index (χ2n) is 3.24. The van der Waals surface area contributed by atoms with E-state index >= 15 is 0 Å². The summed E-state index contributed by atoms with van der Waals surface area (Å²) in [5.41, 5.74) is 0. The lowest BCUT2D eigenvalue weighted by molar-refractivity contribution is 0.0572. The molecule has 2 N–H and O–H groups in total. The molecule has 1 aromatic heterocycles. The molecule has 0 radical (unpaired) electrons. The third-order valence-electron chi connectivity index (χ3n) is 2.20. The number of aromatic nitrogens is 2. The fraction of sp³-hybridized carbons (Fsp3) is 0.500. The summed E-state index contributed by atoms with van der Waals surface area (Å²) in [6.07, 6.45) is 0.0590. The van der Waals surface area contributed by atoms with Crippen LogP contribution >= 0.6 is 15.9 Å². The normalized spacial score (nSPS) is 26.9. The van der Waals surface area contributed by atoms with Crippen LogP contribution < -0.4 is 4.90 Å². The summed E-state index contributed by atoms with van der Waals surface area (Å²) in [5.74, 6) is 0.711. The number of nitrogens with zero attached hydrogens (tertiary/aromatic N) is 3. The summed E-state index contributed by atoms with van der Waals surface area (Å²) in [4.78, 5) is 9.78. The second-order valence-corrected chi connectivity index (χ2v) is 4.05. The molecule has 5 nitrogen and oxygen atoms in total. The fourth-order valence-electron chi connectivity index (χ4n) is 1.45. The molecule has 76 valence electrons. The molecule has 1 fully saturated rings. The van der Waals surface area contributed by atoms with Gasteiger partial charge in [-0.1, -0.05) is 0 Å². The quantitative estimate of drug-likeness (QED) is 0.683. The molecule has 0 amide bonds. The standard InChI is InChI=1S/C8H10BrN3O2/c9-7-1-8(11-4-10-7)12-2-5(13)6(14)3-12/h1,4-6,13-14H,2-3H2. The van der Waals surface area contributed by atoms with Gasteiger partial charge in [-0.3, -0.25) is 0 Å². The molecule has 2 unspecified atom stereocenters. The van der Waals surface area contributed by atoms with Crippen LogP contribution in [0.4, 0.5) is 5.82 Å². The van der Waals surface area contributed by atoms with Crippen LogP contribution in [0.1, 0.15) is 0 Å². The third-order valence-corrected chi connectivity index (χ3v) is 2.64. The summed E-state index contributed by atoms with van der Waals surface area (Å²) < 4.78 is 0.693. The van der Waals surface area contributed by atoms with E-state index in [1.54, 1.807) is 6.07 Å². The van der Waals surface area contributed by atoms with Gasteiger partial charge in [0, 0.05) is 19.2 Å². The maximum atomic E-state index is 9.35. The van der Waals surface area contributed by atoms with Crippen LogP contribution in [-0.2, 0) is 0 Å². The first kappa shape index (κ1) is 9.82. The number of aliphatic hydroxyl groups excluding tert-OH is 2. The molecule has 1 aromatic rings. The topological polar surface area (TPSA) is 69.5 Å². The third kappa shape index (κ3) is 1.87. The van der Waals surface area contributed by atoms with Crippen LogP contribution in [0.15, 0.2) is 17.0 Å². The second kappa shape index (κ2) is 3.80. The van der Waals surface area contributed by atoms with E-state index < -0.39 is 12.2 Å². The molecule has 0 saturated carbocycles. The van der Waals surface area contributed by atoms with Crippen LogP contribution in [0.3, 0.4) is 0 Å². The van der Waals surface area contributed by atoms with E-state index in [1.165, 1.54) is 6.33 Å². The summed E-state index contributed by atoms with van der Waals surface area (Å²) in [6.45, 7) is 0.815. The molecule has 0 aliphatic carbocycles. The van der Waals surface area contributed by atoms with Crippen molar-refractivity contribution in [2.24, 2.45) is 0 Å². The van der Waals surface area contributed by atoms with Crippen molar-refractivity contribution >= 4 is 21.7 Å². The number of hydrogen-bond donors (Lipinski definition) is 2. The van der Waals surface area contributed by atoms with Gasteiger partial charge >= 0.3 is 0 Å². The van der Waals surface area contributed by atoms with E-state index in [4.69, 9.17) is 0 Å². The molecule has 0 aromatic carbocycles. The van der Waals surface area contributed by atoms with Crippen molar-refractivity contribution in [2.75, 3.05) is 18.0 Å². The zero-order chi connectivity index (χ0) is 10.1. The van der Waals surface area contributed by atoms with E-state index in [-0.39, 0.29) is 0 Å². The SMILES string of the molecule is OC1CN(c2cc(Br)ncn2)CC1O. The number of β-amino-alcohol motifs (C(OH)–C–C–N with tert-alkyl or cyclic N) is 2. The Morgan fingerprint density at radius 2 is 1.93 bits per heavy atom. The summed E-state index contributed by atoms with van der Waals surface area (Å²) >= 11 is 3.24. The highest BCUT2D eigenvalue weighted by Gasteiger charge is 2.30. The Morgan fingerprint density at radius 3 is 2.50 bits per heavy atom. The number of rotatable bonds is 1. The molecule has 1 saturated heterocycles. The minimum atomic E-state index is -0.691. The summed E-state index contributed by atoms with van der Waals surface area (Å²) in [7, 11) is 0. The lowest BCUT2D eigenvalue weighted by atomic mass is 10.3. The monoisotopic (exact) mass is 259 g/mol. The lowest BCUT2D eigenvalue weighted by Crippen LogP contribution is -2.22. The molecular formula is C8H10BrN3O2. The van der Waals surface area contributed by atoms with E-state index in [0.29, 0.717) is 23.5 Å². The van der Waals surface area contributed by atoms with Gasteiger partial charge in [0.05, 0.1) is 12.2 Å². The van der Waals surface area contributed by atoms with Crippen LogP contribution in [0.25, 0.3) is 0 Å². The van der Waals surface area contributed by atoms with Crippen LogP contribution in [0.2, 0.25) is 0 Å². The van der Waals surface area contributed by atoms with Crippen LogP contribution in [0.5, 0.6) is 0 Å². The van der Waals surface area contributed by atoms with Crippen molar-refractivity contribution < 1.29 is 10.2 Å². The number of halogens is 1. The van der Waals surface area contributed by atoms with Crippen molar-refractivity contribution in [3.63, 3.8) is 0 Å². The molecule has 0 spiro atoms. The Morgan fingerprint density at radius 1 is 1.29 bits per heavy atom. The Labute approximate surface area is 89.5 Å². The first-order valence-corrected chi connectivity index (χ1v) is 5.05. The van der Waals surface area contributed by atoms with Gasteiger partial charge in [0.2, 0.25) is 0 Å². The first-order chi connectivity index (χ1) is 6.66. The number of hydrogen-bond acceptors (Lipinski definition) is 5. The zero-order valence-corrected chi connectivity index (χ0v) is 8.92. The van der Waals surface area contributed by atoms with Gasteiger partial charge < -0.3 is 15.1 Å². The summed E-state index contributed by atoms with van der Waals surface area (Å²) in [5, 5.41) is 18.7. The minimum Gasteiger partial charge on any atom is -0.389 e. The first-order valence-electron chi connectivity index (χ1n) is 4.25. The minimum absolute atomic E-state index is 0.407. The molecule has 1 aliphatic rings. The van der Waals surface area contributed by atoms with Gasteiger partial charge in [0.1, 0.15) is 16.7 Å². The van der Waals surface area contributed by atoms with E-state index in [0.717, 1.165) is 0 Å². The molecule has 2 atom stereocenters. The number of anilines is 1. The highest BCUT2D eigenvalue weighted by molar-refractivity contribution is 9.10. The van der Waals surface area contributed by atoms with Gasteiger partial charge in [0.25, 0.3) is 0 Å². The predicted molar refractivity (Wildman–Crippen MR) is 54.0 cm³/mol. The Hall–Kier alpha value is -0.720. The molecule has 1 aliphatic heterocycles. The van der Waals surface area contributed by atoms with Crippen LogP contribution in [-0.4, -0.2) is 45.5 Å². The molecule has 14 heavy (non-hydrogen) atoms. The van der Waals surface area contributed by atoms with Gasteiger partial charge in [-0.15, -0.1) is 0 Å². The highest BCUT2D eigenvalue weighted by atomic mass is 79.9. The highest BCUT2D eigenvalue weighted by Crippen LogP contribution is 2.19. The fourth-order valence-corrected chi connectivity index (χ4v) is 1.75. The predicted octanol–water partition coefficient (Wildman–Crippen LogP) is -0.219. The number of aliphatic hydroxyl groups is 2. The van der Waals surface area contributed by atoms with Crippen molar-refractivity contribution in [2.45, 2.75) is 12.2 Å². The molecule has 2 heterocycles. The van der Waals surface area contributed by atoms with Crippen LogP contribution in [0, 0.1) is 0 Å². The average Bonchev–Trinajstić information content (AvgIpc) is 2.47. The van der Waals surface area contributed by atoms with Gasteiger partial charge in [0.15, 0.2) is 0 Å². The maximum Gasteiger partial charge on any atom is 0.133 e. The van der Waals surface area contributed by atoms with Gasteiger partial charge in [-0.05, 0) is 15.9 Å². The van der Waals surface area contributed by atoms with E-state index in [2.05, 4.69) is 25.9 Å². The zero-order valence-electron chi connectivity index (χ0n) is 7.34. The Bertz CT molecular complexity index is 326. The van der Waals surface area contributed by atoms with Gasteiger partial charge in [-0.2, -0.15) is 0 Å². The van der Waals surface area contributed by atoms with Gasteiger partial charge in [-0.25, -0.2) is 9.97 Å². The van der Waals surface area contributed by atoms with Crippen molar-refractivity contribution in [1.82, 2.24) is 9.97 Å². The largest absolute Gasteiger partial charge is 0.389 e. The van der Waals surface area contributed by atoms with E-state index in [9.17, 15) is 10.2 Å². The smallest absolute Gasteiger partial charge is 0.133 e.